The van der Waals surface area contributed by atoms with Crippen LogP contribution >= 0.6 is 22.7 Å². The first-order chi connectivity index (χ1) is 26.2. The van der Waals surface area contributed by atoms with Crippen molar-refractivity contribution in [3.63, 3.8) is 0 Å². The average Bonchev–Trinajstić information content (AvgIpc) is 3.94. The number of rotatable bonds is 5. The summed E-state index contributed by atoms with van der Waals surface area (Å²) in [6, 6.07) is 54.4. The molecule has 7 aromatic carbocycles. The van der Waals surface area contributed by atoms with E-state index < -0.39 is 0 Å². The number of furan rings is 1. The molecule has 0 N–H and O–H groups in total. The van der Waals surface area contributed by atoms with Gasteiger partial charge in [-0.15, -0.1) is 22.7 Å². The van der Waals surface area contributed by atoms with E-state index >= 15 is 0 Å². The van der Waals surface area contributed by atoms with Gasteiger partial charge in [-0.3, -0.25) is 0 Å². The van der Waals surface area contributed by atoms with Gasteiger partial charge in [0, 0.05) is 58.8 Å². The van der Waals surface area contributed by atoms with Crippen molar-refractivity contribution in [2.75, 3.05) is 0 Å². The highest BCUT2D eigenvalue weighted by atomic mass is 32.1. The third-order valence-corrected chi connectivity index (χ3v) is 12.0. The van der Waals surface area contributed by atoms with Crippen LogP contribution < -0.4 is 0 Å². The zero-order valence-corrected chi connectivity index (χ0v) is 29.7. The monoisotopic (exact) mass is 714 g/mol. The van der Waals surface area contributed by atoms with Crippen LogP contribution in [0.15, 0.2) is 162 Å². The molecule has 0 saturated heterocycles. The fourth-order valence-electron chi connectivity index (χ4n) is 7.37. The van der Waals surface area contributed by atoms with Gasteiger partial charge in [0.2, 0.25) is 0 Å². The Morgan fingerprint density at radius 2 is 1.02 bits per heavy atom. The second-order valence-corrected chi connectivity index (χ2v) is 15.1. The molecule has 7 heteroatoms. The number of thiophene rings is 1. The van der Waals surface area contributed by atoms with E-state index in [1.54, 1.807) is 22.7 Å². The molecule has 0 amide bonds. The Hall–Kier alpha value is -6.54. The van der Waals surface area contributed by atoms with Crippen LogP contribution in [0.5, 0.6) is 0 Å². The van der Waals surface area contributed by atoms with Crippen LogP contribution in [-0.4, -0.2) is 19.9 Å². The SMILES string of the molecule is c1ccc(-c2nc(-c3cccc4oc5c(-c6cccc(-c7nc8ccccc8s7)c6)cccc5c34)nc(-c3cccc4sc5ccccc5c34)n2)cc1. The van der Waals surface area contributed by atoms with Gasteiger partial charge in [0.25, 0.3) is 0 Å². The number of para-hydroxylation sites is 2. The van der Waals surface area contributed by atoms with Gasteiger partial charge in [0.05, 0.1) is 10.2 Å². The standard InChI is InChI=1S/C46H26N4OS2/c1-2-12-27(13-3-1)43-48-44(50-45(49-43)34-20-11-25-39-41(34)31-16-4-6-23-37(31)52-39)33-19-10-22-36-40(33)32-18-9-17-30(42(32)51-36)28-14-8-15-29(26-28)46-47-35-21-5-7-24-38(35)53-46/h1-26H. The van der Waals surface area contributed by atoms with Crippen molar-refractivity contribution in [3.05, 3.63) is 158 Å². The van der Waals surface area contributed by atoms with Gasteiger partial charge in [-0.1, -0.05) is 121 Å². The number of benzene rings is 7. The predicted molar refractivity (Wildman–Crippen MR) is 220 cm³/mol. The number of hydrogen-bond donors (Lipinski definition) is 0. The van der Waals surface area contributed by atoms with Crippen LogP contribution in [-0.2, 0) is 0 Å². The molecule has 0 atom stereocenters. The summed E-state index contributed by atoms with van der Waals surface area (Å²) in [4.78, 5) is 20.4. The van der Waals surface area contributed by atoms with Crippen LogP contribution in [0.4, 0.5) is 0 Å². The van der Waals surface area contributed by atoms with Crippen molar-refractivity contribution in [2.24, 2.45) is 0 Å². The fraction of sp³-hybridized carbons (Fsp3) is 0. The minimum absolute atomic E-state index is 0.599. The van der Waals surface area contributed by atoms with Crippen molar-refractivity contribution < 1.29 is 4.42 Å². The van der Waals surface area contributed by atoms with Crippen LogP contribution in [0.1, 0.15) is 0 Å². The molecule has 4 aromatic heterocycles. The molecule has 248 valence electrons. The quantitative estimate of drug-likeness (QED) is 0.178. The van der Waals surface area contributed by atoms with Crippen molar-refractivity contribution >= 4 is 75.0 Å². The van der Waals surface area contributed by atoms with E-state index in [2.05, 4.69) is 109 Å². The van der Waals surface area contributed by atoms with Gasteiger partial charge in [0.15, 0.2) is 17.5 Å². The molecule has 0 fully saturated rings. The maximum atomic E-state index is 6.74. The van der Waals surface area contributed by atoms with E-state index in [-0.39, 0.29) is 0 Å². The summed E-state index contributed by atoms with van der Waals surface area (Å²) >= 11 is 3.50. The van der Waals surface area contributed by atoms with Gasteiger partial charge in [-0.25, -0.2) is 19.9 Å². The lowest BCUT2D eigenvalue weighted by molar-refractivity contribution is 0.670. The molecule has 4 heterocycles. The zero-order valence-electron chi connectivity index (χ0n) is 28.0. The lowest BCUT2D eigenvalue weighted by atomic mass is 9.99. The molecule has 0 aliphatic carbocycles. The Balaban J connectivity index is 1.11. The summed E-state index contributed by atoms with van der Waals surface area (Å²) in [7, 11) is 0. The van der Waals surface area contributed by atoms with Crippen LogP contribution in [0, 0.1) is 0 Å². The molecule has 11 aromatic rings. The first kappa shape index (κ1) is 30.1. The summed E-state index contributed by atoms with van der Waals surface area (Å²) in [5, 5.41) is 5.34. The summed E-state index contributed by atoms with van der Waals surface area (Å²) < 4.78 is 10.4. The molecular weight excluding hydrogens is 689 g/mol. The Morgan fingerprint density at radius 3 is 1.89 bits per heavy atom. The molecule has 0 radical (unpaired) electrons. The van der Waals surface area contributed by atoms with Crippen molar-refractivity contribution in [1.29, 1.82) is 0 Å². The second-order valence-electron chi connectivity index (χ2n) is 13.0. The molecule has 11 rings (SSSR count). The first-order valence-corrected chi connectivity index (χ1v) is 19.0. The van der Waals surface area contributed by atoms with E-state index in [0.717, 1.165) is 71.2 Å². The van der Waals surface area contributed by atoms with Gasteiger partial charge in [0.1, 0.15) is 16.2 Å². The Labute approximate surface area is 311 Å². The van der Waals surface area contributed by atoms with E-state index in [0.29, 0.717) is 17.5 Å². The van der Waals surface area contributed by atoms with Gasteiger partial charge in [-0.2, -0.15) is 0 Å². The molecule has 0 aliphatic rings. The lowest BCUT2D eigenvalue weighted by Crippen LogP contribution is -2.00. The Bertz CT molecular complexity index is 3160. The summed E-state index contributed by atoms with van der Waals surface area (Å²) in [5.41, 5.74) is 8.59. The highest BCUT2D eigenvalue weighted by molar-refractivity contribution is 7.26. The molecule has 0 aliphatic heterocycles. The summed E-state index contributed by atoms with van der Waals surface area (Å²) in [6.07, 6.45) is 0. The number of fused-ring (bicyclic) bond motifs is 7. The Morgan fingerprint density at radius 1 is 0.396 bits per heavy atom. The van der Waals surface area contributed by atoms with E-state index in [4.69, 9.17) is 24.4 Å². The van der Waals surface area contributed by atoms with E-state index in [1.165, 1.54) is 19.5 Å². The molecule has 53 heavy (non-hydrogen) atoms. The lowest BCUT2D eigenvalue weighted by Gasteiger charge is -2.10. The Kier molecular flexibility index (Phi) is 6.83. The number of nitrogens with zero attached hydrogens (tertiary/aromatic N) is 4. The van der Waals surface area contributed by atoms with Crippen molar-refractivity contribution in [1.82, 2.24) is 19.9 Å². The van der Waals surface area contributed by atoms with Gasteiger partial charge >= 0.3 is 0 Å². The first-order valence-electron chi connectivity index (χ1n) is 17.4. The zero-order chi connectivity index (χ0) is 34.9. The van der Waals surface area contributed by atoms with E-state index in [1.807, 2.05) is 48.5 Å². The summed E-state index contributed by atoms with van der Waals surface area (Å²) in [5.74, 6) is 1.86. The molecule has 5 nitrogen and oxygen atoms in total. The maximum Gasteiger partial charge on any atom is 0.164 e. The highest BCUT2D eigenvalue weighted by Gasteiger charge is 2.21. The fourth-order valence-corrected chi connectivity index (χ4v) is 9.47. The number of aromatic nitrogens is 4. The largest absolute Gasteiger partial charge is 0.455 e. The number of hydrogen-bond acceptors (Lipinski definition) is 7. The van der Waals surface area contributed by atoms with Gasteiger partial charge in [-0.05, 0) is 42.0 Å². The van der Waals surface area contributed by atoms with Crippen LogP contribution in [0.2, 0.25) is 0 Å². The highest BCUT2D eigenvalue weighted by Crippen LogP contribution is 2.43. The van der Waals surface area contributed by atoms with Crippen molar-refractivity contribution in [3.8, 4) is 55.9 Å². The average molecular weight is 715 g/mol. The number of thiazole rings is 1. The molecule has 0 unspecified atom stereocenters. The minimum atomic E-state index is 0.599. The minimum Gasteiger partial charge on any atom is -0.455 e. The van der Waals surface area contributed by atoms with Crippen LogP contribution in [0.25, 0.3) is 108 Å². The molecule has 0 bridgehead atoms. The molecular formula is C46H26N4OS2. The normalized spacial score (nSPS) is 11.8. The maximum absolute atomic E-state index is 6.74. The van der Waals surface area contributed by atoms with Crippen LogP contribution in [0.3, 0.4) is 0 Å². The summed E-state index contributed by atoms with van der Waals surface area (Å²) in [6.45, 7) is 0. The van der Waals surface area contributed by atoms with E-state index in [9.17, 15) is 0 Å². The topological polar surface area (TPSA) is 64.7 Å². The molecule has 0 saturated carbocycles. The smallest absolute Gasteiger partial charge is 0.164 e. The third kappa shape index (κ3) is 4.97. The van der Waals surface area contributed by atoms with Crippen molar-refractivity contribution in [2.45, 2.75) is 0 Å². The predicted octanol–water partition coefficient (Wildman–Crippen LogP) is 13.1. The second kappa shape index (κ2) is 12.0. The molecule has 0 spiro atoms. The third-order valence-electron chi connectivity index (χ3n) is 9.79. The van der Waals surface area contributed by atoms with Gasteiger partial charge < -0.3 is 4.42 Å².